The molecule has 1 aliphatic rings. The van der Waals surface area contributed by atoms with Gasteiger partial charge in [0.05, 0.1) is 11.9 Å². The second kappa shape index (κ2) is 6.09. The number of ether oxygens (including phenoxy) is 1. The molecule has 0 atom stereocenters. The van der Waals surface area contributed by atoms with Gasteiger partial charge in [-0.1, -0.05) is 18.7 Å². The van der Waals surface area contributed by atoms with Gasteiger partial charge in [-0.05, 0) is 85.2 Å². The molecule has 1 aliphatic carbocycles. The zero-order chi connectivity index (χ0) is 13.1. The van der Waals surface area contributed by atoms with Gasteiger partial charge in [-0.2, -0.15) is 0 Å². The van der Waals surface area contributed by atoms with Crippen LogP contribution in [0.15, 0.2) is 30.5 Å². The number of rotatable bonds is 3. The van der Waals surface area contributed by atoms with Crippen LogP contribution in [-0.2, 0) is 4.74 Å². The topological polar surface area (TPSA) is 9.23 Å². The Balaban J connectivity index is 2.03. The zero-order valence-electron chi connectivity index (χ0n) is 11.2. The number of hydrogen-bond acceptors (Lipinski definition) is 1. The van der Waals surface area contributed by atoms with Crippen molar-refractivity contribution < 1.29 is 4.74 Å². The van der Waals surface area contributed by atoms with E-state index < -0.39 is 0 Å². The van der Waals surface area contributed by atoms with E-state index in [0.717, 1.165) is 18.6 Å². The molecule has 0 heterocycles. The Kier molecular flexibility index (Phi) is 4.71. The lowest BCUT2D eigenvalue weighted by molar-refractivity contribution is 0.0789. The number of benzene rings is 1. The molecule has 0 unspecified atom stereocenters. The molecule has 1 aromatic carbocycles. The number of halogens is 1. The molecule has 2 rings (SSSR count). The molecule has 0 aromatic heterocycles. The predicted octanol–water partition coefficient (Wildman–Crippen LogP) is 5.18. The minimum absolute atomic E-state index is 0.389. The molecule has 1 nitrogen and oxygen atoms in total. The standard InChI is InChI=1S/C16H21IO/c1-11(2)18-14-9-7-13(8-10-14)16-12(3)5-4-6-15(16)17/h4-6,13-14H,1,7-10H2,2-3H3. The van der Waals surface area contributed by atoms with Crippen molar-refractivity contribution in [2.45, 2.75) is 51.6 Å². The predicted molar refractivity (Wildman–Crippen MR) is 84.8 cm³/mol. The van der Waals surface area contributed by atoms with Gasteiger partial charge in [0.15, 0.2) is 0 Å². The molecule has 0 spiro atoms. The minimum atomic E-state index is 0.389. The van der Waals surface area contributed by atoms with Crippen molar-refractivity contribution in [3.63, 3.8) is 0 Å². The van der Waals surface area contributed by atoms with Gasteiger partial charge < -0.3 is 4.74 Å². The number of allylic oxidation sites excluding steroid dienone is 1. The summed E-state index contributed by atoms with van der Waals surface area (Å²) in [5.41, 5.74) is 3.00. The van der Waals surface area contributed by atoms with Crippen molar-refractivity contribution in [2.75, 3.05) is 0 Å². The van der Waals surface area contributed by atoms with Crippen LogP contribution in [0, 0.1) is 10.5 Å². The van der Waals surface area contributed by atoms with E-state index in [1.807, 2.05) is 6.92 Å². The van der Waals surface area contributed by atoms with Gasteiger partial charge in [0, 0.05) is 3.57 Å². The van der Waals surface area contributed by atoms with Crippen LogP contribution in [-0.4, -0.2) is 6.10 Å². The summed E-state index contributed by atoms with van der Waals surface area (Å²) in [6.45, 7) is 8.00. The van der Waals surface area contributed by atoms with Crippen LogP contribution in [0.25, 0.3) is 0 Å². The van der Waals surface area contributed by atoms with Gasteiger partial charge in [0.25, 0.3) is 0 Å². The summed E-state index contributed by atoms with van der Waals surface area (Å²) in [6, 6.07) is 6.60. The Morgan fingerprint density at radius 1 is 1.28 bits per heavy atom. The molecule has 98 valence electrons. The first-order valence-electron chi connectivity index (χ1n) is 6.65. The Bertz CT molecular complexity index is 410. The van der Waals surface area contributed by atoms with Crippen LogP contribution in [0.4, 0.5) is 0 Å². The lowest BCUT2D eigenvalue weighted by atomic mass is 9.81. The first-order chi connectivity index (χ1) is 8.58. The van der Waals surface area contributed by atoms with Gasteiger partial charge in [-0.15, -0.1) is 0 Å². The first-order valence-corrected chi connectivity index (χ1v) is 7.73. The van der Waals surface area contributed by atoms with Crippen molar-refractivity contribution in [1.82, 2.24) is 0 Å². The maximum Gasteiger partial charge on any atom is 0.0982 e. The molecule has 0 radical (unpaired) electrons. The average Bonchev–Trinajstić information content (AvgIpc) is 2.30. The van der Waals surface area contributed by atoms with E-state index in [2.05, 4.69) is 54.3 Å². The maximum absolute atomic E-state index is 5.74. The average molecular weight is 356 g/mol. The Labute approximate surface area is 124 Å². The molecule has 0 aliphatic heterocycles. The summed E-state index contributed by atoms with van der Waals surface area (Å²) in [5, 5.41) is 0. The quantitative estimate of drug-likeness (QED) is 0.536. The van der Waals surface area contributed by atoms with Gasteiger partial charge in [0.2, 0.25) is 0 Å². The molecule has 1 saturated carbocycles. The van der Waals surface area contributed by atoms with Crippen LogP contribution < -0.4 is 0 Å². The molecular formula is C16H21IO. The molecule has 18 heavy (non-hydrogen) atoms. The largest absolute Gasteiger partial charge is 0.496 e. The van der Waals surface area contributed by atoms with Crippen molar-refractivity contribution in [1.29, 1.82) is 0 Å². The second-order valence-corrected chi connectivity index (χ2v) is 6.43. The minimum Gasteiger partial charge on any atom is -0.496 e. The Morgan fingerprint density at radius 2 is 1.94 bits per heavy atom. The van der Waals surface area contributed by atoms with Gasteiger partial charge in [-0.3, -0.25) is 0 Å². The molecule has 0 N–H and O–H groups in total. The van der Waals surface area contributed by atoms with E-state index in [4.69, 9.17) is 4.74 Å². The smallest absolute Gasteiger partial charge is 0.0982 e. The van der Waals surface area contributed by atoms with E-state index in [-0.39, 0.29) is 0 Å². The second-order valence-electron chi connectivity index (χ2n) is 5.26. The molecular weight excluding hydrogens is 335 g/mol. The van der Waals surface area contributed by atoms with E-state index in [1.54, 1.807) is 5.56 Å². The van der Waals surface area contributed by atoms with E-state index in [1.165, 1.54) is 22.0 Å². The van der Waals surface area contributed by atoms with Crippen LogP contribution in [0.1, 0.15) is 49.7 Å². The highest BCUT2D eigenvalue weighted by Gasteiger charge is 2.25. The van der Waals surface area contributed by atoms with Crippen molar-refractivity contribution in [3.05, 3.63) is 45.2 Å². The normalized spacial score (nSPS) is 23.7. The SMILES string of the molecule is C=C(C)OC1CCC(c2c(C)cccc2I)CC1. The van der Waals surface area contributed by atoms with Crippen LogP contribution in [0.3, 0.4) is 0 Å². The van der Waals surface area contributed by atoms with Gasteiger partial charge in [-0.25, -0.2) is 0 Å². The third-order valence-electron chi connectivity index (χ3n) is 3.72. The van der Waals surface area contributed by atoms with E-state index in [9.17, 15) is 0 Å². The van der Waals surface area contributed by atoms with Gasteiger partial charge in [0.1, 0.15) is 0 Å². The lowest BCUT2D eigenvalue weighted by Gasteiger charge is -2.30. The number of hydrogen-bond donors (Lipinski definition) is 0. The first kappa shape index (κ1) is 13.9. The van der Waals surface area contributed by atoms with Crippen LogP contribution in [0.2, 0.25) is 0 Å². The third kappa shape index (κ3) is 3.28. The van der Waals surface area contributed by atoms with E-state index in [0.29, 0.717) is 12.0 Å². The fourth-order valence-electron chi connectivity index (χ4n) is 2.92. The van der Waals surface area contributed by atoms with Gasteiger partial charge >= 0.3 is 0 Å². The van der Waals surface area contributed by atoms with Crippen LogP contribution >= 0.6 is 22.6 Å². The summed E-state index contributed by atoms with van der Waals surface area (Å²) < 4.78 is 7.15. The molecule has 1 fully saturated rings. The maximum atomic E-state index is 5.74. The fourth-order valence-corrected chi connectivity index (χ4v) is 3.99. The molecule has 0 bridgehead atoms. The summed E-state index contributed by atoms with van der Waals surface area (Å²) >= 11 is 2.47. The van der Waals surface area contributed by atoms with Crippen molar-refractivity contribution in [2.24, 2.45) is 0 Å². The molecule has 2 heteroatoms. The Hall–Kier alpha value is -0.510. The third-order valence-corrected chi connectivity index (χ3v) is 4.66. The zero-order valence-corrected chi connectivity index (χ0v) is 13.4. The number of aryl methyl sites for hydroxylation is 1. The van der Waals surface area contributed by atoms with Crippen molar-refractivity contribution >= 4 is 22.6 Å². The highest BCUT2D eigenvalue weighted by molar-refractivity contribution is 14.1. The van der Waals surface area contributed by atoms with E-state index >= 15 is 0 Å². The monoisotopic (exact) mass is 356 g/mol. The molecule has 0 amide bonds. The fraction of sp³-hybridized carbons (Fsp3) is 0.500. The lowest BCUT2D eigenvalue weighted by Crippen LogP contribution is -2.21. The highest BCUT2D eigenvalue weighted by atomic mass is 127. The summed E-state index contributed by atoms with van der Waals surface area (Å²) in [6.07, 6.45) is 5.17. The molecule has 1 aromatic rings. The van der Waals surface area contributed by atoms with Crippen molar-refractivity contribution in [3.8, 4) is 0 Å². The van der Waals surface area contributed by atoms with Crippen LogP contribution in [0.5, 0.6) is 0 Å². The summed E-state index contributed by atoms with van der Waals surface area (Å²) in [4.78, 5) is 0. The highest BCUT2D eigenvalue weighted by Crippen LogP contribution is 2.37. The Morgan fingerprint density at radius 3 is 2.50 bits per heavy atom. The summed E-state index contributed by atoms with van der Waals surface area (Å²) in [7, 11) is 0. The summed E-state index contributed by atoms with van der Waals surface area (Å²) in [5.74, 6) is 1.56. The molecule has 0 saturated heterocycles.